The van der Waals surface area contributed by atoms with Crippen LogP contribution in [0.15, 0.2) is 70.7 Å². The van der Waals surface area contributed by atoms with Crippen molar-refractivity contribution in [1.82, 2.24) is 4.31 Å². The monoisotopic (exact) mass is 385 g/mol. The van der Waals surface area contributed by atoms with E-state index in [1.165, 1.54) is 11.1 Å². The van der Waals surface area contributed by atoms with Crippen LogP contribution in [0.4, 0.5) is 0 Å². The van der Waals surface area contributed by atoms with Gasteiger partial charge < -0.3 is 4.74 Å². The molecular formula is C23H31NO2S. The average Bonchev–Trinajstić information content (AvgIpc) is 2.67. The second-order valence-corrected chi connectivity index (χ2v) is 9.72. The molecule has 146 valence electrons. The van der Waals surface area contributed by atoms with Gasteiger partial charge in [-0.2, -0.15) is 0 Å². The van der Waals surface area contributed by atoms with E-state index in [0.29, 0.717) is 6.61 Å². The molecule has 0 aromatic rings. The largest absolute Gasteiger partial charge is 0.370 e. The van der Waals surface area contributed by atoms with Crippen LogP contribution in [-0.4, -0.2) is 39.2 Å². The second-order valence-electron chi connectivity index (χ2n) is 7.38. The van der Waals surface area contributed by atoms with Crippen LogP contribution < -0.4 is 0 Å². The third kappa shape index (κ3) is 4.29. The maximum Gasteiger partial charge on any atom is 0.0963 e. The smallest absolute Gasteiger partial charge is 0.0963 e. The van der Waals surface area contributed by atoms with Crippen molar-refractivity contribution in [2.24, 2.45) is 0 Å². The number of allylic oxidation sites excluding steroid dienone is 8. The van der Waals surface area contributed by atoms with Gasteiger partial charge in [0.2, 0.25) is 0 Å². The summed E-state index contributed by atoms with van der Waals surface area (Å²) in [5.74, 6) is 4.23. The lowest BCUT2D eigenvalue weighted by molar-refractivity contribution is -0.0197. The molecule has 0 saturated carbocycles. The molecule has 4 heteroatoms. The molecule has 0 spiro atoms. The molecule has 4 atom stereocenters. The zero-order valence-electron chi connectivity index (χ0n) is 16.6. The van der Waals surface area contributed by atoms with Crippen molar-refractivity contribution < 1.29 is 8.95 Å². The van der Waals surface area contributed by atoms with Crippen LogP contribution in [0.3, 0.4) is 0 Å². The Balaban J connectivity index is 2.00. The highest BCUT2D eigenvalue weighted by molar-refractivity contribution is 8.01. The quantitative estimate of drug-likeness (QED) is 0.506. The van der Waals surface area contributed by atoms with Gasteiger partial charge in [0.05, 0.1) is 34.5 Å². The van der Waals surface area contributed by atoms with Gasteiger partial charge in [0.1, 0.15) is 0 Å². The van der Waals surface area contributed by atoms with Crippen molar-refractivity contribution in [3.63, 3.8) is 0 Å². The molecule has 1 aliphatic heterocycles. The van der Waals surface area contributed by atoms with Gasteiger partial charge in [-0.15, -0.1) is 0 Å². The number of ether oxygens (including phenoxy) is 1. The van der Waals surface area contributed by atoms with Gasteiger partial charge >= 0.3 is 0 Å². The molecule has 0 bridgehead atoms. The van der Waals surface area contributed by atoms with E-state index in [4.69, 9.17) is 4.74 Å². The Labute approximate surface area is 164 Å². The summed E-state index contributed by atoms with van der Waals surface area (Å²) in [4.78, 5) is 0.839. The Morgan fingerprint density at radius 1 is 1.41 bits per heavy atom. The summed E-state index contributed by atoms with van der Waals surface area (Å²) >= 11 is 0. The SMILES string of the molecule is C=S(=O)(/C(C)=C/CC=CC)N1C(C2=CCCC=C2)COC2C=C(C)C=CC21. The van der Waals surface area contributed by atoms with E-state index < -0.39 is 9.71 Å². The van der Waals surface area contributed by atoms with Gasteiger partial charge in [-0.1, -0.05) is 60.3 Å². The molecule has 0 aromatic carbocycles. The number of fused-ring (bicyclic) bond motifs is 1. The van der Waals surface area contributed by atoms with Crippen molar-refractivity contribution in [3.8, 4) is 0 Å². The summed E-state index contributed by atoms with van der Waals surface area (Å²) < 4.78 is 22.3. The number of morpholine rings is 1. The number of rotatable bonds is 5. The minimum atomic E-state index is -2.60. The van der Waals surface area contributed by atoms with Crippen LogP contribution >= 0.6 is 0 Å². The summed E-state index contributed by atoms with van der Waals surface area (Å²) in [5, 5.41) is 0. The molecule has 4 unspecified atom stereocenters. The van der Waals surface area contributed by atoms with E-state index in [-0.39, 0.29) is 18.2 Å². The average molecular weight is 386 g/mol. The molecule has 1 fully saturated rings. The Bertz CT molecular complexity index is 840. The maximum absolute atomic E-state index is 14.0. The fourth-order valence-electron chi connectivity index (χ4n) is 3.83. The first-order chi connectivity index (χ1) is 12.9. The van der Waals surface area contributed by atoms with Gasteiger partial charge in [-0.25, -0.2) is 8.51 Å². The van der Waals surface area contributed by atoms with E-state index in [2.05, 4.69) is 59.6 Å². The van der Waals surface area contributed by atoms with E-state index in [0.717, 1.165) is 24.2 Å². The van der Waals surface area contributed by atoms with Gasteiger partial charge in [0, 0.05) is 4.91 Å². The van der Waals surface area contributed by atoms with E-state index in [1.807, 2.05) is 26.0 Å². The second kappa shape index (κ2) is 8.59. The molecule has 3 rings (SSSR count). The molecule has 0 N–H and O–H groups in total. The fraction of sp³-hybridized carbons (Fsp3) is 0.435. The molecule has 1 saturated heterocycles. The summed E-state index contributed by atoms with van der Waals surface area (Å²) in [7, 11) is -2.60. The summed E-state index contributed by atoms with van der Waals surface area (Å²) in [6, 6.07) is -0.118. The van der Waals surface area contributed by atoms with Crippen LogP contribution in [0.2, 0.25) is 0 Å². The third-order valence-corrected chi connectivity index (χ3v) is 7.75. The summed E-state index contributed by atoms with van der Waals surface area (Å²) in [6.07, 6.45) is 21.9. The Morgan fingerprint density at radius 3 is 2.93 bits per heavy atom. The van der Waals surface area contributed by atoms with Crippen molar-refractivity contribution in [3.05, 3.63) is 70.7 Å². The Kier molecular flexibility index (Phi) is 6.40. The molecular weight excluding hydrogens is 354 g/mol. The normalized spacial score (nSPS) is 31.4. The zero-order chi connectivity index (χ0) is 19.4. The third-order valence-electron chi connectivity index (χ3n) is 5.40. The number of nitrogens with zero attached hydrogens (tertiary/aromatic N) is 1. The minimum Gasteiger partial charge on any atom is -0.370 e. The molecule has 0 radical (unpaired) electrons. The van der Waals surface area contributed by atoms with Crippen molar-refractivity contribution in [2.75, 3.05) is 6.61 Å². The predicted octanol–water partition coefficient (Wildman–Crippen LogP) is 4.72. The molecule has 1 heterocycles. The summed E-state index contributed by atoms with van der Waals surface area (Å²) in [6.45, 7) is 6.54. The first kappa shape index (κ1) is 20.1. The fourth-order valence-corrected chi connectivity index (χ4v) is 5.69. The highest BCUT2D eigenvalue weighted by Gasteiger charge is 2.42. The van der Waals surface area contributed by atoms with Crippen LogP contribution in [-0.2, 0) is 14.4 Å². The van der Waals surface area contributed by atoms with Gasteiger partial charge in [0.15, 0.2) is 0 Å². The van der Waals surface area contributed by atoms with Crippen LogP contribution in [0.5, 0.6) is 0 Å². The standard InChI is InChI=1S/C23H31NO2S/c1-5-6-8-11-19(3)27(4,25)24-21-15-14-18(2)16-23(21)26-17-22(24)20-12-9-7-10-13-20/h5-6,9,11-16,21-23H,4,7-8,10,17H2,1-3H3/b6-5?,19-11+. The highest BCUT2D eigenvalue weighted by Crippen LogP contribution is 2.34. The lowest BCUT2D eigenvalue weighted by atomic mass is 9.94. The lowest BCUT2D eigenvalue weighted by Crippen LogP contribution is -2.58. The van der Waals surface area contributed by atoms with Crippen molar-refractivity contribution in [2.45, 2.75) is 58.2 Å². The number of hydrogen-bond acceptors (Lipinski definition) is 2. The van der Waals surface area contributed by atoms with Crippen LogP contribution in [0.25, 0.3) is 0 Å². The predicted molar refractivity (Wildman–Crippen MR) is 117 cm³/mol. The molecule has 2 aliphatic carbocycles. The van der Waals surface area contributed by atoms with Gasteiger partial charge in [0.25, 0.3) is 0 Å². The minimum absolute atomic E-state index is 0.0469. The molecule has 3 nitrogen and oxygen atoms in total. The lowest BCUT2D eigenvalue weighted by Gasteiger charge is -2.47. The van der Waals surface area contributed by atoms with Gasteiger partial charge in [-0.3, -0.25) is 0 Å². The van der Waals surface area contributed by atoms with E-state index in [1.54, 1.807) is 0 Å². The molecule has 0 amide bonds. The van der Waals surface area contributed by atoms with Crippen molar-refractivity contribution >= 4 is 15.6 Å². The zero-order valence-corrected chi connectivity index (χ0v) is 17.5. The van der Waals surface area contributed by atoms with Crippen LogP contribution in [0, 0.1) is 0 Å². The van der Waals surface area contributed by atoms with Crippen LogP contribution in [0.1, 0.15) is 40.0 Å². The Hall–Kier alpha value is -1.62. The summed E-state index contributed by atoms with van der Waals surface area (Å²) in [5.41, 5.74) is 2.37. The first-order valence-electron chi connectivity index (χ1n) is 9.73. The first-order valence-corrected chi connectivity index (χ1v) is 11.4. The topological polar surface area (TPSA) is 29.5 Å². The number of hydrogen-bond donors (Lipinski definition) is 0. The highest BCUT2D eigenvalue weighted by atomic mass is 32.2. The maximum atomic E-state index is 14.0. The van der Waals surface area contributed by atoms with E-state index >= 15 is 0 Å². The van der Waals surface area contributed by atoms with E-state index in [9.17, 15) is 4.21 Å². The molecule has 0 aromatic heterocycles. The Morgan fingerprint density at radius 2 is 2.22 bits per heavy atom. The van der Waals surface area contributed by atoms with Gasteiger partial charge in [-0.05, 0) is 51.5 Å². The van der Waals surface area contributed by atoms with Crippen molar-refractivity contribution in [1.29, 1.82) is 0 Å². The molecule has 27 heavy (non-hydrogen) atoms. The molecule has 3 aliphatic rings.